The molecule has 0 amide bonds. The maximum atomic E-state index is 12.3. The van der Waals surface area contributed by atoms with Gasteiger partial charge in [-0.2, -0.15) is 0 Å². The lowest BCUT2D eigenvalue weighted by molar-refractivity contribution is -0.118. The lowest BCUT2D eigenvalue weighted by Gasteiger charge is -2.11. The molecule has 1 N–H and O–H groups in total. The van der Waals surface area contributed by atoms with Crippen molar-refractivity contribution in [3.63, 3.8) is 0 Å². The normalized spacial score (nSPS) is 17.8. The van der Waals surface area contributed by atoms with Gasteiger partial charge in [-0.15, -0.1) is 0 Å². The van der Waals surface area contributed by atoms with E-state index >= 15 is 0 Å². The van der Waals surface area contributed by atoms with Crippen molar-refractivity contribution in [1.29, 1.82) is 0 Å². The molecule has 3 nitrogen and oxygen atoms in total. The van der Waals surface area contributed by atoms with Gasteiger partial charge in [0.1, 0.15) is 11.6 Å². The van der Waals surface area contributed by atoms with Crippen LogP contribution in [0.1, 0.15) is 30.4 Å². The van der Waals surface area contributed by atoms with E-state index in [1.807, 2.05) is 36.5 Å². The van der Waals surface area contributed by atoms with Crippen molar-refractivity contribution in [2.24, 2.45) is 0 Å². The quantitative estimate of drug-likeness (QED) is 0.760. The highest BCUT2D eigenvalue weighted by atomic mass is 16.1. The summed E-state index contributed by atoms with van der Waals surface area (Å²) in [6.07, 6.45) is 9.07. The van der Waals surface area contributed by atoms with Gasteiger partial charge in [-0.3, -0.25) is 4.79 Å². The second kappa shape index (κ2) is 8.43. The Hall–Kier alpha value is -2.94. The van der Waals surface area contributed by atoms with E-state index in [2.05, 4.69) is 41.7 Å². The number of carbonyl (C=O) groups is 1. The Balaban J connectivity index is 1.91. The first kappa shape index (κ1) is 17.9. The second-order valence-electron chi connectivity index (χ2n) is 6.67. The Bertz CT molecular complexity index is 864. The van der Waals surface area contributed by atoms with Crippen LogP contribution in [0.15, 0.2) is 79.1 Å². The molecule has 0 fully saturated rings. The summed E-state index contributed by atoms with van der Waals surface area (Å²) in [5.74, 6) is 1.04. The maximum absolute atomic E-state index is 12.3. The van der Waals surface area contributed by atoms with Crippen LogP contribution in [-0.2, 0) is 17.6 Å². The third-order valence-corrected chi connectivity index (χ3v) is 4.49. The van der Waals surface area contributed by atoms with Crippen molar-refractivity contribution < 1.29 is 4.79 Å². The van der Waals surface area contributed by atoms with E-state index in [1.54, 1.807) is 0 Å². The number of pyridine rings is 1. The molecular weight excluding hydrogens is 320 g/mol. The van der Waals surface area contributed by atoms with Gasteiger partial charge in [0, 0.05) is 24.7 Å². The topological polar surface area (TPSA) is 42.0 Å². The number of aryl methyl sites for hydroxylation is 2. The molecule has 132 valence electrons. The molecule has 1 aliphatic rings. The monoisotopic (exact) mass is 344 g/mol. The van der Waals surface area contributed by atoms with Gasteiger partial charge in [0.05, 0.1) is 0 Å². The van der Waals surface area contributed by atoms with Crippen LogP contribution in [0.5, 0.6) is 0 Å². The molecule has 3 rings (SSSR count). The summed E-state index contributed by atoms with van der Waals surface area (Å²) >= 11 is 0. The lowest BCUT2D eigenvalue weighted by atomic mass is 9.99. The van der Waals surface area contributed by atoms with Gasteiger partial charge in [0.2, 0.25) is 0 Å². The van der Waals surface area contributed by atoms with Crippen molar-refractivity contribution in [2.75, 3.05) is 5.32 Å². The summed E-state index contributed by atoms with van der Waals surface area (Å²) in [7, 11) is 0. The first-order valence-corrected chi connectivity index (χ1v) is 8.96. The average molecular weight is 344 g/mol. The standard InChI is InChI=1S/C23H24N2O/c1-3-18-7-8-20-11-12-24-23(16-20)25-21-6-4-5-19(15-21)9-10-22(26)14-17(2)13-18/h3-6,11-13,15-16H,1-2,7-10,14H2,(H,24,25)/b18-13+. The summed E-state index contributed by atoms with van der Waals surface area (Å²) in [5.41, 5.74) is 5.29. The molecule has 1 aromatic carbocycles. The van der Waals surface area contributed by atoms with Crippen molar-refractivity contribution in [3.8, 4) is 0 Å². The Morgan fingerprint density at radius 3 is 2.69 bits per heavy atom. The minimum atomic E-state index is 0.215. The van der Waals surface area contributed by atoms with E-state index in [1.165, 1.54) is 5.56 Å². The minimum Gasteiger partial charge on any atom is -0.340 e. The zero-order chi connectivity index (χ0) is 18.4. The van der Waals surface area contributed by atoms with Gasteiger partial charge in [-0.25, -0.2) is 4.98 Å². The van der Waals surface area contributed by atoms with Crippen molar-refractivity contribution in [3.05, 3.63) is 90.2 Å². The van der Waals surface area contributed by atoms with E-state index in [4.69, 9.17) is 0 Å². The number of nitrogens with zero attached hydrogens (tertiary/aromatic N) is 1. The smallest absolute Gasteiger partial charge is 0.137 e. The molecule has 2 heterocycles. The zero-order valence-corrected chi connectivity index (χ0v) is 15.0. The fourth-order valence-corrected chi connectivity index (χ4v) is 3.11. The Morgan fingerprint density at radius 2 is 1.85 bits per heavy atom. The number of nitrogens with one attached hydrogen (secondary N) is 1. The number of allylic oxidation sites excluding steroid dienone is 4. The van der Waals surface area contributed by atoms with Crippen LogP contribution in [0.3, 0.4) is 0 Å². The number of hydrogen-bond acceptors (Lipinski definition) is 3. The van der Waals surface area contributed by atoms with Gasteiger partial charge in [-0.05, 0) is 65.8 Å². The SMILES string of the molecule is C=C/C1=C\C(=C)CC(=O)CCc2cccc(c2)Nc2cc(ccn2)CC1. The highest BCUT2D eigenvalue weighted by Crippen LogP contribution is 2.21. The minimum absolute atomic E-state index is 0.215. The molecule has 0 spiro atoms. The molecule has 2 aromatic rings. The van der Waals surface area contributed by atoms with Gasteiger partial charge in [0.15, 0.2) is 0 Å². The number of benzene rings is 1. The molecule has 0 aliphatic carbocycles. The van der Waals surface area contributed by atoms with E-state index in [9.17, 15) is 4.79 Å². The van der Waals surface area contributed by atoms with Gasteiger partial charge in [0.25, 0.3) is 0 Å². The van der Waals surface area contributed by atoms with Crippen LogP contribution < -0.4 is 5.32 Å². The van der Waals surface area contributed by atoms with E-state index in [0.29, 0.717) is 12.8 Å². The van der Waals surface area contributed by atoms with Crippen molar-refractivity contribution in [2.45, 2.75) is 32.1 Å². The molecule has 0 saturated carbocycles. The van der Waals surface area contributed by atoms with Crippen LogP contribution in [0.4, 0.5) is 11.5 Å². The van der Waals surface area contributed by atoms with E-state index < -0.39 is 0 Å². The third-order valence-electron chi connectivity index (χ3n) is 4.49. The van der Waals surface area contributed by atoms with Crippen LogP contribution in [0, 0.1) is 0 Å². The van der Waals surface area contributed by atoms with Crippen LogP contribution >= 0.6 is 0 Å². The maximum Gasteiger partial charge on any atom is 0.137 e. The van der Waals surface area contributed by atoms with Gasteiger partial charge >= 0.3 is 0 Å². The number of Topliss-reactive ketones (excluding diaryl/α,β-unsaturated/α-hetero) is 1. The number of hydrogen-bond donors (Lipinski definition) is 1. The molecule has 1 aliphatic heterocycles. The summed E-state index contributed by atoms with van der Waals surface area (Å²) < 4.78 is 0. The summed E-state index contributed by atoms with van der Waals surface area (Å²) in [5, 5.41) is 3.36. The summed E-state index contributed by atoms with van der Waals surface area (Å²) in [4.78, 5) is 16.7. The van der Waals surface area contributed by atoms with Gasteiger partial charge < -0.3 is 5.32 Å². The van der Waals surface area contributed by atoms with Gasteiger partial charge in [-0.1, -0.05) is 37.4 Å². The molecule has 1 aromatic heterocycles. The highest BCUT2D eigenvalue weighted by Gasteiger charge is 2.07. The molecule has 3 heteroatoms. The van der Waals surface area contributed by atoms with Crippen LogP contribution in [-0.4, -0.2) is 10.8 Å². The van der Waals surface area contributed by atoms with Crippen molar-refractivity contribution in [1.82, 2.24) is 4.98 Å². The predicted molar refractivity (Wildman–Crippen MR) is 108 cm³/mol. The number of carbonyl (C=O) groups excluding carboxylic acids is 1. The number of fused-ring (bicyclic) bond motifs is 4. The fourth-order valence-electron chi connectivity index (χ4n) is 3.11. The van der Waals surface area contributed by atoms with E-state index in [0.717, 1.165) is 47.5 Å². The zero-order valence-electron chi connectivity index (χ0n) is 15.0. The fraction of sp³-hybridized carbons (Fsp3) is 0.217. The Morgan fingerprint density at radius 1 is 1.04 bits per heavy atom. The number of rotatable bonds is 1. The van der Waals surface area contributed by atoms with Crippen LogP contribution in [0.25, 0.3) is 0 Å². The van der Waals surface area contributed by atoms with Crippen LogP contribution in [0.2, 0.25) is 0 Å². The summed E-state index contributed by atoms with van der Waals surface area (Å²) in [6.45, 7) is 7.95. The van der Waals surface area contributed by atoms with E-state index in [-0.39, 0.29) is 5.78 Å². The predicted octanol–water partition coefficient (Wildman–Crippen LogP) is 5.33. The first-order chi connectivity index (χ1) is 12.6. The molecular formula is C23H24N2O. The molecule has 0 unspecified atom stereocenters. The first-order valence-electron chi connectivity index (χ1n) is 8.96. The molecule has 0 radical (unpaired) electrons. The average Bonchev–Trinajstić information content (AvgIpc) is 2.63. The molecule has 4 bridgehead atoms. The largest absolute Gasteiger partial charge is 0.340 e. The molecule has 0 saturated heterocycles. The number of ketones is 1. The van der Waals surface area contributed by atoms with Crippen molar-refractivity contribution >= 4 is 17.3 Å². The molecule has 26 heavy (non-hydrogen) atoms. The number of anilines is 2. The Kier molecular flexibility index (Phi) is 5.80. The lowest BCUT2D eigenvalue weighted by Crippen LogP contribution is -2.02. The second-order valence-corrected chi connectivity index (χ2v) is 6.67. The molecule has 0 atom stereocenters. The summed E-state index contributed by atoms with van der Waals surface area (Å²) in [6, 6.07) is 12.3. The highest BCUT2D eigenvalue weighted by molar-refractivity contribution is 5.81. The number of aromatic nitrogens is 1. The Labute approximate surface area is 155 Å². The third kappa shape index (κ3) is 5.03.